The standard InChI is InChI=1S/C11H11NO2.C11H10O2/c1-7-9-5-3-2-4-8(9)6-10(7)11(13)12-14;1-7-9-5-3-2-4-8(9)6-10(7)11(12)13/h2-5,14H,6H2,1H3,(H,12,13);2-5H,6H2,1H3,(H,12,13). The molecule has 138 valence electrons. The molecule has 0 spiro atoms. The number of fused-ring (bicyclic) bond motifs is 2. The number of hydroxylamine groups is 1. The summed E-state index contributed by atoms with van der Waals surface area (Å²) in [5.74, 6) is -1.20. The summed E-state index contributed by atoms with van der Waals surface area (Å²) in [4.78, 5) is 22.1. The molecule has 4 rings (SSSR count). The number of hydrogen-bond acceptors (Lipinski definition) is 3. The molecule has 0 radical (unpaired) electrons. The van der Waals surface area contributed by atoms with Gasteiger partial charge in [-0.1, -0.05) is 48.5 Å². The Morgan fingerprint density at radius 3 is 1.70 bits per heavy atom. The number of carboxylic acids is 1. The molecule has 2 aromatic rings. The lowest BCUT2D eigenvalue weighted by Crippen LogP contribution is -2.21. The fourth-order valence-electron chi connectivity index (χ4n) is 3.61. The van der Waals surface area contributed by atoms with E-state index in [1.165, 1.54) is 0 Å². The van der Waals surface area contributed by atoms with Crippen LogP contribution in [0, 0.1) is 0 Å². The Bertz CT molecular complexity index is 985. The molecule has 0 aliphatic heterocycles. The van der Waals surface area contributed by atoms with Crippen molar-refractivity contribution >= 4 is 23.0 Å². The summed E-state index contributed by atoms with van der Waals surface area (Å²) in [5, 5.41) is 17.5. The number of carbonyl (C=O) groups excluding carboxylic acids is 1. The number of amides is 1. The monoisotopic (exact) mass is 363 g/mol. The SMILES string of the molecule is CC1=C(C(=O)NO)Cc2ccccc21.CC1=C(C(=O)O)Cc2ccccc21. The molecule has 5 nitrogen and oxygen atoms in total. The van der Waals surface area contributed by atoms with Gasteiger partial charge >= 0.3 is 5.97 Å². The maximum Gasteiger partial charge on any atom is 0.332 e. The Morgan fingerprint density at radius 1 is 0.815 bits per heavy atom. The van der Waals surface area contributed by atoms with E-state index >= 15 is 0 Å². The van der Waals surface area contributed by atoms with Crippen LogP contribution in [0.15, 0.2) is 59.7 Å². The first kappa shape index (κ1) is 18.6. The minimum atomic E-state index is -0.797. The number of rotatable bonds is 2. The molecule has 0 aromatic heterocycles. The van der Waals surface area contributed by atoms with Gasteiger partial charge in [-0.2, -0.15) is 0 Å². The van der Waals surface area contributed by atoms with E-state index in [0.29, 0.717) is 24.0 Å². The van der Waals surface area contributed by atoms with Gasteiger partial charge in [0.05, 0.1) is 0 Å². The zero-order chi connectivity index (χ0) is 19.6. The molecular formula is C22H21NO4. The molecule has 0 bridgehead atoms. The van der Waals surface area contributed by atoms with Crippen LogP contribution >= 0.6 is 0 Å². The predicted molar refractivity (Wildman–Crippen MR) is 103 cm³/mol. The molecule has 0 unspecified atom stereocenters. The van der Waals surface area contributed by atoms with E-state index in [1.807, 2.05) is 62.4 Å². The fraction of sp³-hybridized carbons (Fsp3) is 0.182. The van der Waals surface area contributed by atoms with Crippen LogP contribution in [0.25, 0.3) is 11.1 Å². The Morgan fingerprint density at radius 2 is 1.26 bits per heavy atom. The molecule has 3 N–H and O–H groups in total. The van der Waals surface area contributed by atoms with Crippen molar-refractivity contribution in [2.75, 3.05) is 0 Å². The average molecular weight is 363 g/mol. The lowest BCUT2D eigenvalue weighted by atomic mass is 10.1. The molecule has 0 saturated heterocycles. The zero-order valence-electron chi connectivity index (χ0n) is 15.2. The molecule has 1 amide bonds. The zero-order valence-corrected chi connectivity index (χ0v) is 15.2. The predicted octanol–water partition coefficient (Wildman–Crippen LogP) is 3.62. The first-order chi connectivity index (χ1) is 12.9. The van der Waals surface area contributed by atoms with E-state index in [2.05, 4.69) is 0 Å². The second-order valence-corrected chi connectivity index (χ2v) is 6.62. The molecule has 0 saturated carbocycles. The van der Waals surface area contributed by atoms with E-state index < -0.39 is 11.9 Å². The van der Waals surface area contributed by atoms with E-state index in [-0.39, 0.29) is 0 Å². The Kier molecular flexibility index (Phi) is 5.23. The highest BCUT2D eigenvalue weighted by Crippen LogP contribution is 2.32. The number of hydrogen-bond donors (Lipinski definition) is 3. The van der Waals surface area contributed by atoms with E-state index in [1.54, 1.807) is 5.48 Å². The van der Waals surface area contributed by atoms with E-state index in [9.17, 15) is 9.59 Å². The molecular weight excluding hydrogens is 342 g/mol. The van der Waals surface area contributed by atoms with Crippen LogP contribution in [-0.4, -0.2) is 22.2 Å². The van der Waals surface area contributed by atoms with Crippen molar-refractivity contribution in [3.05, 3.63) is 81.9 Å². The van der Waals surface area contributed by atoms with Gasteiger partial charge in [-0.25, -0.2) is 10.3 Å². The van der Waals surface area contributed by atoms with Crippen LogP contribution in [0.5, 0.6) is 0 Å². The van der Waals surface area contributed by atoms with Gasteiger partial charge in [0.2, 0.25) is 0 Å². The van der Waals surface area contributed by atoms with Gasteiger partial charge < -0.3 is 5.11 Å². The van der Waals surface area contributed by atoms with Gasteiger partial charge in [-0.15, -0.1) is 0 Å². The summed E-state index contributed by atoms with van der Waals surface area (Å²) in [6.07, 6.45) is 1.17. The highest BCUT2D eigenvalue weighted by atomic mass is 16.5. The van der Waals surface area contributed by atoms with Crippen molar-refractivity contribution in [1.29, 1.82) is 0 Å². The van der Waals surface area contributed by atoms with Crippen LogP contribution < -0.4 is 5.48 Å². The van der Waals surface area contributed by atoms with Crippen molar-refractivity contribution in [2.24, 2.45) is 0 Å². The second-order valence-electron chi connectivity index (χ2n) is 6.62. The number of benzene rings is 2. The highest BCUT2D eigenvalue weighted by molar-refractivity contribution is 6.03. The Balaban J connectivity index is 0.000000156. The van der Waals surface area contributed by atoms with Crippen LogP contribution in [0.2, 0.25) is 0 Å². The first-order valence-corrected chi connectivity index (χ1v) is 8.67. The third-order valence-corrected chi connectivity index (χ3v) is 5.12. The third kappa shape index (κ3) is 3.55. The van der Waals surface area contributed by atoms with Crippen molar-refractivity contribution in [3.8, 4) is 0 Å². The number of aliphatic carboxylic acids is 1. The smallest absolute Gasteiger partial charge is 0.332 e. The van der Waals surface area contributed by atoms with E-state index in [4.69, 9.17) is 10.3 Å². The Labute approximate surface area is 157 Å². The van der Waals surface area contributed by atoms with Gasteiger partial charge in [-0.3, -0.25) is 10.0 Å². The van der Waals surface area contributed by atoms with Crippen molar-refractivity contribution in [2.45, 2.75) is 26.7 Å². The molecule has 27 heavy (non-hydrogen) atoms. The maximum absolute atomic E-state index is 11.3. The minimum absolute atomic E-state index is 0.404. The second kappa shape index (κ2) is 7.60. The number of carboxylic acid groups (broad SMARTS) is 1. The average Bonchev–Trinajstić information content (AvgIpc) is 3.20. The summed E-state index contributed by atoms with van der Waals surface area (Å²) in [6, 6.07) is 15.7. The van der Waals surface area contributed by atoms with E-state index in [0.717, 1.165) is 33.4 Å². The topological polar surface area (TPSA) is 86.6 Å². The molecule has 0 atom stereocenters. The molecule has 2 aromatic carbocycles. The van der Waals surface area contributed by atoms with Gasteiger partial charge in [0, 0.05) is 24.0 Å². The highest BCUT2D eigenvalue weighted by Gasteiger charge is 2.23. The summed E-state index contributed by atoms with van der Waals surface area (Å²) in [6.45, 7) is 3.77. The lowest BCUT2D eigenvalue weighted by Gasteiger charge is -1.99. The van der Waals surface area contributed by atoms with Crippen molar-refractivity contribution in [3.63, 3.8) is 0 Å². The van der Waals surface area contributed by atoms with Gasteiger partial charge in [0.25, 0.3) is 5.91 Å². The summed E-state index contributed by atoms with van der Waals surface area (Å²) in [5.41, 5.74) is 9.16. The van der Waals surface area contributed by atoms with Crippen LogP contribution in [0.1, 0.15) is 36.1 Å². The van der Waals surface area contributed by atoms with Gasteiger partial charge in [0.15, 0.2) is 0 Å². The molecule has 2 aliphatic carbocycles. The summed E-state index contributed by atoms with van der Waals surface area (Å²) in [7, 11) is 0. The molecule has 2 aliphatic rings. The third-order valence-electron chi connectivity index (χ3n) is 5.12. The fourth-order valence-corrected chi connectivity index (χ4v) is 3.61. The van der Waals surface area contributed by atoms with Crippen molar-refractivity contribution in [1.82, 2.24) is 5.48 Å². The number of nitrogens with one attached hydrogen (secondary N) is 1. The largest absolute Gasteiger partial charge is 0.478 e. The number of carbonyl (C=O) groups is 2. The molecule has 0 fully saturated rings. The summed E-state index contributed by atoms with van der Waals surface area (Å²) >= 11 is 0. The normalized spacial score (nSPS) is 14.3. The van der Waals surface area contributed by atoms with Gasteiger partial charge in [0.1, 0.15) is 0 Å². The van der Waals surface area contributed by atoms with Crippen molar-refractivity contribution < 1.29 is 19.9 Å². The lowest BCUT2D eigenvalue weighted by molar-refractivity contribution is -0.132. The molecule has 0 heterocycles. The maximum atomic E-state index is 11.3. The summed E-state index contributed by atoms with van der Waals surface area (Å²) < 4.78 is 0. The van der Waals surface area contributed by atoms with Crippen LogP contribution in [0.4, 0.5) is 0 Å². The van der Waals surface area contributed by atoms with Crippen LogP contribution in [0.3, 0.4) is 0 Å². The number of allylic oxidation sites excluding steroid dienone is 2. The molecule has 5 heteroatoms. The van der Waals surface area contributed by atoms with Gasteiger partial charge in [-0.05, 0) is 47.2 Å². The van der Waals surface area contributed by atoms with Crippen LogP contribution in [-0.2, 0) is 22.4 Å². The quantitative estimate of drug-likeness (QED) is 0.562. The Hall–Kier alpha value is -3.18. The first-order valence-electron chi connectivity index (χ1n) is 8.67. The minimum Gasteiger partial charge on any atom is -0.478 e.